The number of carbonyl (C=O) groups is 1. The summed E-state index contributed by atoms with van der Waals surface area (Å²) in [5.74, 6) is 1.60. The van der Waals surface area contributed by atoms with Crippen LogP contribution >= 0.6 is 0 Å². The second kappa shape index (κ2) is 6.16. The van der Waals surface area contributed by atoms with Gasteiger partial charge in [0.2, 0.25) is 0 Å². The van der Waals surface area contributed by atoms with Gasteiger partial charge in [-0.25, -0.2) is 4.98 Å². The van der Waals surface area contributed by atoms with Crippen LogP contribution in [0, 0.1) is 0 Å². The molecule has 1 heterocycles. The number of fused-ring (bicyclic) bond motifs is 1. The van der Waals surface area contributed by atoms with Crippen LogP contribution in [0.5, 0.6) is 5.75 Å². The molecule has 1 aromatic heterocycles. The number of ether oxygens (including phenoxy) is 2. The van der Waals surface area contributed by atoms with Crippen LogP contribution in [0.2, 0.25) is 0 Å². The third kappa shape index (κ3) is 3.01. The first-order chi connectivity index (χ1) is 10.3. The Hall–Kier alpha value is -2.04. The topological polar surface area (TPSA) is 53.4 Å². The zero-order valence-corrected chi connectivity index (χ0v) is 12.2. The van der Waals surface area contributed by atoms with Gasteiger partial charge in [0.25, 0.3) is 6.47 Å². The Morgan fingerprint density at radius 1 is 1.33 bits per heavy atom. The number of carbonyl (C=O) groups excluding carboxylic acids is 1. The van der Waals surface area contributed by atoms with Crippen molar-refractivity contribution >= 4 is 17.5 Å². The van der Waals surface area contributed by atoms with Crippen molar-refractivity contribution in [1.29, 1.82) is 0 Å². The van der Waals surface area contributed by atoms with Gasteiger partial charge in [0.05, 0.1) is 17.1 Å². The van der Waals surface area contributed by atoms with Gasteiger partial charge < -0.3 is 14.0 Å². The minimum absolute atomic E-state index is 0.188. The van der Waals surface area contributed by atoms with Crippen molar-refractivity contribution in [3.05, 3.63) is 24.0 Å². The van der Waals surface area contributed by atoms with Gasteiger partial charge in [-0.1, -0.05) is 6.42 Å². The van der Waals surface area contributed by atoms with Crippen LogP contribution in [0.1, 0.15) is 37.9 Å². The summed E-state index contributed by atoms with van der Waals surface area (Å²) in [4.78, 5) is 14.8. The fourth-order valence-electron chi connectivity index (χ4n) is 2.92. The highest BCUT2D eigenvalue weighted by atomic mass is 16.5. The van der Waals surface area contributed by atoms with E-state index in [1.807, 2.05) is 29.8 Å². The van der Waals surface area contributed by atoms with Crippen LogP contribution in [-0.4, -0.2) is 22.1 Å². The molecule has 0 spiro atoms. The van der Waals surface area contributed by atoms with E-state index in [0.717, 1.165) is 35.4 Å². The molecule has 5 heteroatoms. The molecule has 1 saturated carbocycles. The van der Waals surface area contributed by atoms with E-state index in [4.69, 9.17) is 9.47 Å². The molecular formula is C16H20N2O3. The number of aryl methyl sites for hydroxylation is 1. The fraction of sp³-hybridized carbons (Fsp3) is 0.500. The lowest BCUT2D eigenvalue weighted by atomic mass is 9.98. The highest BCUT2D eigenvalue weighted by molar-refractivity contribution is 5.77. The summed E-state index contributed by atoms with van der Waals surface area (Å²) in [5, 5.41) is 0. The summed E-state index contributed by atoms with van der Waals surface area (Å²) >= 11 is 0. The highest BCUT2D eigenvalue weighted by Crippen LogP contribution is 2.26. The van der Waals surface area contributed by atoms with Crippen molar-refractivity contribution < 1.29 is 14.3 Å². The molecule has 5 nitrogen and oxygen atoms in total. The minimum Gasteiger partial charge on any atom is -0.490 e. The van der Waals surface area contributed by atoms with Crippen molar-refractivity contribution in [2.75, 3.05) is 0 Å². The van der Waals surface area contributed by atoms with Crippen LogP contribution in [0.15, 0.2) is 18.2 Å². The van der Waals surface area contributed by atoms with Crippen molar-refractivity contribution in [1.82, 2.24) is 9.55 Å². The molecular weight excluding hydrogens is 268 g/mol. The number of hydrogen-bond donors (Lipinski definition) is 0. The first-order valence-corrected chi connectivity index (χ1v) is 7.45. The lowest BCUT2D eigenvalue weighted by Crippen LogP contribution is -2.19. The van der Waals surface area contributed by atoms with E-state index in [9.17, 15) is 4.79 Å². The zero-order valence-electron chi connectivity index (χ0n) is 12.2. The van der Waals surface area contributed by atoms with Gasteiger partial charge in [0.15, 0.2) is 0 Å². The molecule has 3 rings (SSSR count). The number of hydrogen-bond acceptors (Lipinski definition) is 4. The largest absolute Gasteiger partial charge is 0.490 e. The summed E-state index contributed by atoms with van der Waals surface area (Å²) in [6.45, 7) is 0.629. The fourth-order valence-corrected chi connectivity index (χ4v) is 2.92. The third-order valence-electron chi connectivity index (χ3n) is 4.08. The monoisotopic (exact) mass is 288 g/mol. The highest BCUT2D eigenvalue weighted by Gasteiger charge is 2.16. The average molecular weight is 288 g/mol. The van der Waals surface area contributed by atoms with Crippen molar-refractivity contribution in [2.45, 2.75) is 44.8 Å². The second-order valence-corrected chi connectivity index (χ2v) is 5.52. The maximum absolute atomic E-state index is 10.3. The summed E-state index contributed by atoms with van der Waals surface area (Å²) in [6.07, 6.45) is 6.43. The predicted molar refractivity (Wildman–Crippen MR) is 79.1 cm³/mol. The SMILES string of the molecule is Cn1c(COC=O)nc2cc(OC3CCCCC3)ccc21. The maximum atomic E-state index is 10.3. The van der Waals surface area contributed by atoms with Crippen molar-refractivity contribution in [3.63, 3.8) is 0 Å². The molecule has 0 atom stereocenters. The number of aromatic nitrogens is 2. The normalized spacial score (nSPS) is 16.0. The average Bonchev–Trinajstić information content (AvgIpc) is 2.82. The minimum atomic E-state index is 0.188. The van der Waals surface area contributed by atoms with E-state index in [2.05, 4.69) is 4.98 Å². The second-order valence-electron chi connectivity index (χ2n) is 5.52. The molecule has 0 amide bonds. The molecule has 0 N–H and O–H groups in total. The molecule has 112 valence electrons. The van der Waals surface area contributed by atoms with E-state index in [0.29, 0.717) is 12.6 Å². The molecule has 21 heavy (non-hydrogen) atoms. The van der Waals surface area contributed by atoms with Crippen LogP contribution in [0.3, 0.4) is 0 Å². The number of imidazole rings is 1. The van der Waals surface area contributed by atoms with E-state index in [1.165, 1.54) is 19.3 Å². The van der Waals surface area contributed by atoms with Gasteiger partial charge in [0, 0.05) is 13.1 Å². The standard InChI is InChI=1S/C16H20N2O3/c1-18-15-8-7-13(21-12-5-3-2-4-6-12)9-14(15)17-16(18)10-20-11-19/h7-9,11-12H,2-6,10H2,1H3. The maximum Gasteiger partial charge on any atom is 0.293 e. The Morgan fingerprint density at radius 3 is 2.90 bits per heavy atom. The molecule has 2 aromatic rings. The molecule has 0 saturated heterocycles. The van der Waals surface area contributed by atoms with Gasteiger partial charge >= 0.3 is 0 Å². The van der Waals surface area contributed by atoms with Gasteiger partial charge in [-0.2, -0.15) is 0 Å². The number of rotatable bonds is 5. The van der Waals surface area contributed by atoms with Crippen LogP contribution in [-0.2, 0) is 23.2 Å². The Kier molecular flexibility index (Phi) is 4.08. The first kappa shape index (κ1) is 13.9. The third-order valence-corrected chi connectivity index (χ3v) is 4.08. The van der Waals surface area contributed by atoms with Crippen LogP contribution in [0.25, 0.3) is 11.0 Å². The van der Waals surface area contributed by atoms with Gasteiger partial charge in [0.1, 0.15) is 18.2 Å². The van der Waals surface area contributed by atoms with Gasteiger partial charge in [-0.05, 0) is 37.8 Å². The number of nitrogens with zero attached hydrogens (tertiary/aromatic N) is 2. The summed E-state index contributed by atoms with van der Waals surface area (Å²) in [7, 11) is 1.92. The molecule has 0 radical (unpaired) electrons. The Labute approximate surface area is 123 Å². The predicted octanol–water partition coefficient (Wildman–Crippen LogP) is 2.96. The van der Waals surface area contributed by atoms with E-state index in [-0.39, 0.29) is 6.61 Å². The molecule has 1 aliphatic carbocycles. The lowest BCUT2D eigenvalue weighted by Gasteiger charge is -2.22. The Bertz CT molecular complexity index is 630. The zero-order chi connectivity index (χ0) is 14.7. The van der Waals surface area contributed by atoms with E-state index in [1.54, 1.807) is 0 Å². The Balaban J connectivity index is 1.80. The van der Waals surface area contributed by atoms with E-state index >= 15 is 0 Å². The van der Waals surface area contributed by atoms with Crippen molar-refractivity contribution in [2.24, 2.45) is 7.05 Å². The Morgan fingerprint density at radius 2 is 2.14 bits per heavy atom. The first-order valence-electron chi connectivity index (χ1n) is 7.45. The van der Waals surface area contributed by atoms with Gasteiger partial charge in [-0.3, -0.25) is 4.79 Å². The van der Waals surface area contributed by atoms with E-state index < -0.39 is 0 Å². The van der Waals surface area contributed by atoms with Gasteiger partial charge in [-0.15, -0.1) is 0 Å². The summed E-state index contributed by atoms with van der Waals surface area (Å²) in [6, 6.07) is 5.96. The lowest BCUT2D eigenvalue weighted by molar-refractivity contribution is -0.130. The summed E-state index contributed by atoms with van der Waals surface area (Å²) < 4.78 is 12.8. The molecule has 1 aliphatic rings. The molecule has 0 bridgehead atoms. The van der Waals surface area contributed by atoms with Crippen molar-refractivity contribution in [3.8, 4) is 5.75 Å². The molecule has 1 fully saturated rings. The van der Waals surface area contributed by atoms with Crippen LogP contribution < -0.4 is 4.74 Å². The smallest absolute Gasteiger partial charge is 0.293 e. The number of benzene rings is 1. The summed E-state index contributed by atoms with van der Waals surface area (Å²) in [5.41, 5.74) is 1.88. The molecule has 1 aromatic carbocycles. The van der Waals surface area contributed by atoms with Crippen LogP contribution in [0.4, 0.5) is 0 Å². The molecule has 0 aliphatic heterocycles. The quantitative estimate of drug-likeness (QED) is 0.794. The molecule has 0 unspecified atom stereocenters.